The molecular weight excluding hydrogens is 299 g/mol. The molecule has 0 aliphatic rings. The Balaban J connectivity index is 2.98. The van der Waals surface area contributed by atoms with E-state index < -0.39 is 15.6 Å². The molecular formula is C11H12F3NO4S. The Kier molecular flexibility index (Phi) is 5.12. The Labute approximate surface area is 113 Å². The summed E-state index contributed by atoms with van der Waals surface area (Å²) in [5, 5.41) is 11.9. The van der Waals surface area contributed by atoms with Gasteiger partial charge in [0, 0.05) is 0 Å². The van der Waals surface area contributed by atoms with Gasteiger partial charge >= 0.3 is 15.6 Å². The minimum absolute atomic E-state index is 0.0438. The Bertz CT molecular complexity index is 579. The lowest BCUT2D eigenvalue weighted by molar-refractivity contribution is -0.0540. The lowest BCUT2D eigenvalue weighted by Crippen LogP contribution is -2.24. The molecule has 0 aliphatic heterocycles. The first kappa shape index (κ1) is 16.4. The van der Waals surface area contributed by atoms with Crippen LogP contribution in [0, 0.1) is 0 Å². The van der Waals surface area contributed by atoms with Gasteiger partial charge < -0.3 is 5.11 Å². The zero-order valence-corrected chi connectivity index (χ0v) is 11.2. The molecule has 9 heteroatoms. The van der Waals surface area contributed by atoms with Gasteiger partial charge in [0.2, 0.25) is 0 Å². The van der Waals surface area contributed by atoms with Crippen molar-refractivity contribution in [2.75, 3.05) is 0 Å². The van der Waals surface area contributed by atoms with Gasteiger partial charge in [-0.1, -0.05) is 36.3 Å². The Morgan fingerprint density at radius 1 is 1.30 bits per heavy atom. The zero-order chi connectivity index (χ0) is 15.4. The summed E-state index contributed by atoms with van der Waals surface area (Å²) in [5.74, 6) is 0. The van der Waals surface area contributed by atoms with Gasteiger partial charge in [0.1, 0.15) is 0 Å². The monoisotopic (exact) mass is 311 g/mol. The smallest absolute Gasteiger partial charge is 0.392 e. The second-order valence-corrected chi connectivity index (χ2v) is 5.24. The van der Waals surface area contributed by atoms with Crippen molar-refractivity contribution in [3.8, 4) is 0 Å². The lowest BCUT2D eigenvalue weighted by Gasteiger charge is -2.07. The molecule has 1 aromatic rings. The summed E-state index contributed by atoms with van der Waals surface area (Å²) in [5.41, 5.74) is -4.46. The normalized spacial score (nSPS) is 13.3. The molecule has 0 aliphatic carbocycles. The minimum Gasteiger partial charge on any atom is -0.392 e. The van der Waals surface area contributed by atoms with Gasteiger partial charge in [0.15, 0.2) is 0 Å². The van der Waals surface area contributed by atoms with Crippen molar-refractivity contribution in [2.24, 2.45) is 5.16 Å². The molecule has 0 atom stereocenters. The highest BCUT2D eigenvalue weighted by Gasteiger charge is 2.49. The van der Waals surface area contributed by atoms with E-state index in [4.69, 9.17) is 5.11 Å². The van der Waals surface area contributed by atoms with Gasteiger partial charge in [0.25, 0.3) is 0 Å². The van der Waals surface area contributed by atoms with E-state index in [9.17, 15) is 21.6 Å². The average Bonchev–Trinajstić information content (AvgIpc) is 2.38. The van der Waals surface area contributed by atoms with Gasteiger partial charge in [-0.2, -0.15) is 21.6 Å². The van der Waals surface area contributed by atoms with E-state index in [0.717, 1.165) is 0 Å². The summed E-state index contributed by atoms with van der Waals surface area (Å²) < 4.78 is 61.3. The molecule has 0 amide bonds. The van der Waals surface area contributed by atoms with E-state index in [1.807, 2.05) is 0 Å². The van der Waals surface area contributed by atoms with Crippen molar-refractivity contribution >= 4 is 15.8 Å². The number of aliphatic hydroxyl groups excluding tert-OH is 1. The summed E-state index contributed by atoms with van der Waals surface area (Å²) in [6.07, 6.45) is 0.172. The fourth-order valence-corrected chi connectivity index (χ4v) is 1.53. The summed E-state index contributed by atoms with van der Waals surface area (Å²) in [6, 6.07) is 6.08. The molecule has 0 heterocycles. The molecule has 0 aromatic heterocycles. The third-order valence-electron chi connectivity index (χ3n) is 2.33. The Morgan fingerprint density at radius 3 is 2.25 bits per heavy atom. The van der Waals surface area contributed by atoms with Crippen molar-refractivity contribution in [1.29, 1.82) is 0 Å². The standard InChI is InChI=1S/C11H12F3NO4S/c1-2-10(9-5-3-8(7-16)4-6-9)15-19-20(17,18)11(12,13)14/h3-6,16H,2,7H2,1H3. The van der Waals surface area contributed by atoms with Crippen LogP contribution in [-0.2, 0) is 21.0 Å². The van der Waals surface area contributed by atoms with E-state index >= 15 is 0 Å². The van der Waals surface area contributed by atoms with Crippen LogP contribution in [-0.4, -0.2) is 24.7 Å². The largest absolute Gasteiger partial charge is 0.536 e. The van der Waals surface area contributed by atoms with E-state index in [1.54, 1.807) is 19.1 Å². The second kappa shape index (κ2) is 6.23. The number of rotatable bonds is 5. The van der Waals surface area contributed by atoms with Crippen LogP contribution in [0.25, 0.3) is 0 Å². The predicted octanol–water partition coefficient (Wildman–Crippen LogP) is 2.16. The Morgan fingerprint density at radius 2 is 1.85 bits per heavy atom. The molecule has 0 spiro atoms. The van der Waals surface area contributed by atoms with E-state index in [1.165, 1.54) is 12.1 Å². The molecule has 0 bridgehead atoms. The first-order valence-corrected chi connectivity index (χ1v) is 6.89. The van der Waals surface area contributed by atoms with E-state index in [2.05, 4.69) is 9.44 Å². The fraction of sp³-hybridized carbons (Fsp3) is 0.364. The maximum atomic E-state index is 12.1. The highest BCUT2D eigenvalue weighted by Crippen LogP contribution is 2.25. The van der Waals surface area contributed by atoms with Crippen LogP contribution in [0.3, 0.4) is 0 Å². The fourth-order valence-electron chi connectivity index (χ4n) is 1.26. The number of oxime groups is 1. The third-order valence-corrected chi connectivity index (χ3v) is 3.17. The van der Waals surface area contributed by atoms with Crippen LogP contribution < -0.4 is 0 Å². The van der Waals surface area contributed by atoms with Gasteiger partial charge in [-0.05, 0) is 17.5 Å². The van der Waals surface area contributed by atoms with Crippen LogP contribution >= 0.6 is 0 Å². The van der Waals surface area contributed by atoms with Crippen molar-refractivity contribution in [3.63, 3.8) is 0 Å². The molecule has 0 unspecified atom stereocenters. The van der Waals surface area contributed by atoms with Crippen LogP contribution in [0.1, 0.15) is 24.5 Å². The van der Waals surface area contributed by atoms with Crippen molar-refractivity contribution < 1.29 is 31.0 Å². The molecule has 0 radical (unpaired) electrons. The predicted molar refractivity (Wildman–Crippen MR) is 65.3 cm³/mol. The van der Waals surface area contributed by atoms with Gasteiger partial charge in [-0.25, -0.2) is 0 Å². The van der Waals surface area contributed by atoms with Gasteiger partial charge in [-0.3, -0.25) is 4.28 Å². The summed E-state index contributed by atoms with van der Waals surface area (Å²) in [4.78, 5) is 0. The topological polar surface area (TPSA) is 76.0 Å². The number of aliphatic hydroxyl groups is 1. The van der Waals surface area contributed by atoms with Crippen LogP contribution in [0.5, 0.6) is 0 Å². The van der Waals surface area contributed by atoms with Gasteiger partial charge in [0.05, 0.1) is 12.3 Å². The van der Waals surface area contributed by atoms with E-state index in [0.29, 0.717) is 11.1 Å². The number of hydrogen-bond donors (Lipinski definition) is 1. The number of hydrogen-bond acceptors (Lipinski definition) is 5. The molecule has 5 nitrogen and oxygen atoms in total. The lowest BCUT2D eigenvalue weighted by atomic mass is 10.1. The molecule has 0 saturated heterocycles. The van der Waals surface area contributed by atoms with Crippen molar-refractivity contribution in [1.82, 2.24) is 0 Å². The summed E-state index contributed by atoms with van der Waals surface area (Å²) in [6.45, 7) is 1.40. The molecule has 112 valence electrons. The maximum absolute atomic E-state index is 12.1. The molecule has 20 heavy (non-hydrogen) atoms. The molecule has 0 saturated carbocycles. The minimum atomic E-state index is -5.75. The number of alkyl halides is 3. The van der Waals surface area contributed by atoms with Crippen LogP contribution in [0.2, 0.25) is 0 Å². The SMILES string of the molecule is CCC(=NOS(=O)(=O)C(F)(F)F)c1ccc(CO)cc1. The summed E-state index contributed by atoms with van der Waals surface area (Å²) >= 11 is 0. The van der Waals surface area contributed by atoms with Crippen LogP contribution in [0.4, 0.5) is 13.2 Å². The number of halogens is 3. The average molecular weight is 311 g/mol. The van der Waals surface area contributed by atoms with Crippen molar-refractivity contribution in [3.05, 3.63) is 35.4 Å². The number of benzene rings is 1. The molecule has 1 aromatic carbocycles. The quantitative estimate of drug-likeness (QED) is 0.513. The zero-order valence-electron chi connectivity index (χ0n) is 10.4. The van der Waals surface area contributed by atoms with Crippen molar-refractivity contribution in [2.45, 2.75) is 25.5 Å². The second-order valence-electron chi connectivity index (χ2n) is 3.72. The molecule has 1 N–H and O–H groups in total. The first-order valence-electron chi connectivity index (χ1n) is 5.48. The van der Waals surface area contributed by atoms with Crippen LogP contribution in [0.15, 0.2) is 29.4 Å². The molecule has 1 rings (SSSR count). The van der Waals surface area contributed by atoms with E-state index in [-0.39, 0.29) is 18.7 Å². The highest BCUT2D eigenvalue weighted by molar-refractivity contribution is 7.87. The maximum Gasteiger partial charge on any atom is 0.536 e. The van der Waals surface area contributed by atoms with Gasteiger partial charge in [-0.15, -0.1) is 0 Å². The first-order chi connectivity index (χ1) is 9.21. The number of nitrogens with zero attached hydrogens (tertiary/aromatic N) is 1. The third kappa shape index (κ3) is 3.94. The Hall–Kier alpha value is -1.61. The molecule has 0 fully saturated rings. The highest BCUT2D eigenvalue weighted by atomic mass is 32.2. The summed E-state index contributed by atoms with van der Waals surface area (Å²) in [7, 11) is -5.75.